The first-order valence-corrected chi connectivity index (χ1v) is 6.52. The molecular weight excluding hydrogens is 224 g/mol. The maximum atomic E-state index is 5.99. The molecule has 0 atom stereocenters. The van der Waals surface area contributed by atoms with Crippen LogP contribution in [0, 0.1) is 0 Å². The maximum absolute atomic E-state index is 5.99. The Morgan fingerprint density at radius 2 is 1.89 bits per heavy atom. The second-order valence-electron chi connectivity index (χ2n) is 5.60. The summed E-state index contributed by atoms with van der Waals surface area (Å²) in [7, 11) is 3.86. The average molecular weight is 250 g/mol. The van der Waals surface area contributed by atoms with Crippen molar-refractivity contribution in [1.29, 1.82) is 0 Å². The summed E-state index contributed by atoms with van der Waals surface area (Å²) in [5.74, 6) is 0.977. The molecule has 0 radical (unpaired) electrons. The minimum absolute atomic E-state index is 0.0846. The van der Waals surface area contributed by atoms with Crippen molar-refractivity contribution in [2.45, 2.75) is 32.2 Å². The Balaban J connectivity index is 2.40. The van der Waals surface area contributed by atoms with Gasteiger partial charge in [0.25, 0.3) is 0 Å². The lowest BCUT2D eigenvalue weighted by Crippen LogP contribution is -2.36. The second-order valence-corrected chi connectivity index (χ2v) is 5.60. The summed E-state index contributed by atoms with van der Waals surface area (Å²) < 4.78 is 5.35. The van der Waals surface area contributed by atoms with E-state index in [9.17, 15) is 0 Å². The summed E-state index contributed by atoms with van der Waals surface area (Å²) in [4.78, 5) is 2.32. The van der Waals surface area contributed by atoms with Crippen LogP contribution in [0.2, 0.25) is 0 Å². The molecule has 1 aromatic carbocycles. The van der Waals surface area contributed by atoms with Crippen LogP contribution in [0.4, 0.5) is 0 Å². The third kappa shape index (κ3) is 5.52. The molecule has 0 amide bonds. The van der Waals surface area contributed by atoms with E-state index in [2.05, 4.69) is 37.9 Å². The molecular formula is C15H26N2O. The molecule has 0 spiro atoms. The van der Waals surface area contributed by atoms with Crippen molar-refractivity contribution >= 4 is 0 Å². The number of nitrogens with two attached hydrogens (primary N) is 1. The molecule has 0 heterocycles. The highest BCUT2D eigenvalue weighted by molar-refractivity contribution is 5.33. The van der Waals surface area contributed by atoms with E-state index in [1.807, 2.05) is 12.1 Å². The molecule has 0 aliphatic heterocycles. The molecule has 1 aromatic rings. The third-order valence-corrected chi connectivity index (χ3v) is 3.09. The molecule has 1 rings (SSSR count). The number of para-hydroxylation sites is 1. The van der Waals surface area contributed by atoms with Crippen molar-refractivity contribution in [2.24, 2.45) is 5.73 Å². The molecule has 0 saturated heterocycles. The van der Waals surface area contributed by atoms with E-state index >= 15 is 0 Å². The Labute approximate surface area is 111 Å². The van der Waals surface area contributed by atoms with Crippen molar-refractivity contribution in [3.05, 3.63) is 29.8 Å². The molecule has 18 heavy (non-hydrogen) atoms. The first kappa shape index (κ1) is 15.0. The first-order valence-electron chi connectivity index (χ1n) is 6.52. The monoisotopic (exact) mass is 250 g/mol. The normalized spacial score (nSPS) is 11.9. The van der Waals surface area contributed by atoms with E-state index in [1.165, 1.54) is 5.56 Å². The zero-order valence-electron chi connectivity index (χ0n) is 12.1. The Bertz CT molecular complexity index is 358. The minimum Gasteiger partial charge on any atom is -0.496 e. The highest BCUT2D eigenvalue weighted by atomic mass is 16.5. The highest BCUT2D eigenvalue weighted by Crippen LogP contribution is 2.18. The predicted molar refractivity (Wildman–Crippen MR) is 77.1 cm³/mol. The third-order valence-electron chi connectivity index (χ3n) is 3.09. The Kier molecular flexibility index (Phi) is 5.63. The average Bonchev–Trinajstić information content (AvgIpc) is 2.33. The van der Waals surface area contributed by atoms with Gasteiger partial charge in [-0.05, 0) is 51.9 Å². The zero-order valence-corrected chi connectivity index (χ0v) is 12.1. The molecule has 0 bridgehead atoms. The number of likely N-dealkylation sites (N-methyl/N-ethyl adjacent to an activating group) is 1. The number of nitrogens with zero attached hydrogens (tertiary/aromatic N) is 1. The largest absolute Gasteiger partial charge is 0.496 e. The number of hydrogen-bond acceptors (Lipinski definition) is 3. The van der Waals surface area contributed by atoms with Gasteiger partial charge in [-0.3, -0.25) is 0 Å². The van der Waals surface area contributed by atoms with Crippen LogP contribution in [-0.2, 0) is 6.42 Å². The summed E-state index contributed by atoms with van der Waals surface area (Å²) in [5, 5.41) is 0. The van der Waals surface area contributed by atoms with E-state index in [4.69, 9.17) is 10.5 Å². The number of methoxy groups -OCH3 is 1. The fourth-order valence-electron chi connectivity index (χ4n) is 1.81. The van der Waals surface area contributed by atoms with Gasteiger partial charge in [-0.1, -0.05) is 18.2 Å². The lowest BCUT2D eigenvalue weighted by molar-refractivity contribution is 0.297. The van der Waals surface area contributed by atoms with Gasteiger partial charge in [0, 0.05) is 12.1 Å². The quantitative estimate of drug-likeness (QED) is 0.807. The molecule has 2 N–H and O–H groups in total. The van der Waals surface area contributed by atoms with Gasteiger partial charge >= 0.3 is 0 Å². The number of hydrogen-bond donors (Lipinski definition) is 1. The van der Waals surface area contributed by atoms with Gasteiger partial charge in [-0.25, -0.2) is 0 Å². The summed E-state index contributed by atoms with van der Waals surface area (Å²) in [6, 6.07) is 8.20. The molecule has 0 unspecified atom stereocenters. The number of ether oxygens (including phenoxy) is 1. The maximum Gasteiger partial charge on any atom is 0.122 e. The van der Waals surface area contributed by atoms with Crippen molar-refractivity contribution in [3.63, 3.8) is 0 Å². The Morgan fingerprint density at radius 1 is 1.22 bits per heavy atom. The Hall–Kier alpha value is -1.06. The molecule has 0 aliphatic carbocycles. The highest BCUT2D eigenvalue weighted by Gasteiger charge is 2.12. The van der Waals surface area contributed by atoms with Crippen molar-refractivity contribution in [2.75, 3.05) is 27.2 Å². The molecule has 0 aromatic heterocycles. The van der Waals surface area contributed by atoms with Crippen LogP contribution in [0.15, 0.2) is 24.3 Å². The van der Waals surface area contributed by atoms with Gasteiger partial charge < -0.3 is 15.4 Å². The van der Waals surface area contributed by atoms with E-state index in [1.54, 1.807) is 7.11 Å². The van der Waals surface area contributed by atoms with Gasteiger partial charge in [-0.2, -0.15) is 0 Å². The van der Waals surface area contributed by atoms with E-state index < -0.39 is 0 Å². The van der Waals surface area contributed by atoms with Gasteiger partial charge in [-0.15, -0.1) is 0 Å². The Morgan fingerprint density at radius 3 is 2.50 bits per heavy atom. The summed E-state index contributed by atoms with van der Waals surface area (Å²) >= 11 is 0. The van der Waals surface area contributed by atoms with Gasteiger partial charge in [0.15, 0.2) is 0 Å². The molecule has 3 nitrogen and oxygen atoms in total. The molecule has 0 aliphatic rings. The van der Waals surface area contributed by atoms with Crippen molar-refractivity contribution < 1.29 is 4.74 Å². The topological polar surface area (TPSA) is 38.5 Å². The van der Waals surface area contributed by atoms with E-state index in [0.29, 0.717) is 0 Å². The minimum atomic E-state index is -0.0846. The zero-order chi connectivity index (χ0) is 13.6. The van der Waals surface area contributed by atoms with Gasteiger partial charge in [0.05, 0.1) is 7.11 Å². The summed E-state index contributed by atoms with van der Waals surface area (Å²) in [6.45, 7) is 6.19. The molecule has 102 valence electrons. The van der Waals surface area contributed by atoms with Crippen molar-refractivity contribution in [1.82, 2.24) is 4.90 Å². The first-order chi connectivity index (χ1) is 8.42. The van der Waals surface area contributed by atoms with Gasteiger partial charge in [0.2, 0.25) is 0 Å². The van der Waals surface area contributed by atoms with Crippen LogP contribution in [-0.4, -0.2) is 37.7 Å². The lowest BCUT2D eigenvalue weighted by Gasteiger charge is -2.23. The molecule has 3 heteroatoms. The second kappa shape index (κ2) is 6.76. The van der Waals surface area contributed by atoms with Crippen LogP contribution < -0.4 is 10.5 Å². The van der Waals surface area contributed by atoms with Crippen LogP contribution in [0.25, 0.3) is 0 Å². The van der Waals surface area contributed by atoms with Crippen LogP contribution in [0.3, 0.4) is 0 Å². The molecule has 0 saturated carbocycles. The van der Waals surface area contributed by atoms with Gasteiger partial charge in [0.1, 0.15) is 5.75 Å². The standard InChI is InChI=1S/C15H26N2O/c1-15(2,16)10-12-17(3)11-9-13-7-5-6-8-14(13)18-4/h5-8H,9-12,16H2,1-4H3. The van der Waals surface area contributed by atoms with Crippen molar-refractivity contribution in [3.8, 4) is 5.75 Å². The van der Waals surface area contributed by atoms with Crippen LogP contribution in [0.5, 0.6) is 5.75 Å². The van der Waals surface area contributed by atoms with Crippen LogP contribution >= 0.6 is 0 Å². The van der Waals surface area contributed by atoms with Crippen LogP contribution in [0.1, 0.15) is 25.8 Å². The molecule has 0 fully saturated rings. The van der Waals surface area contributed by atoms with E-state index in [-0.39, 0.29) is 5.54 Å². The SMILES string of the molecule is COc1ccccc1CCN(C)CCC(C)(C)N. The van der Waals surface area contributed by atoms with E-state index in [0.717, 1.165) is 31.7 Å². The fraction of sp³-hybridized carbons (Fsp3) is 0.600. The number of benzene rings is 1. The summed E-state index contributed by atoms with van der Waals surface area (Å²) in [6.07, 6.45) is 2.01. The predicted octanol–water partition coefficient (Wildman–Crippen LogP) is 2.30. The number of rotatable bonds is 7. The fourth-order valence-corrected chi connectivity index (χ4v) is 1.81. The lowest BCUT2D eigenvalue weighted by atomic mass is 10.0. The summed E-state index contributed by atoms with van der Waals surface area (Å²) in [5.41, 5.74) is 7.17. The smallest absolute Gasteiger partial charge is 0.122 e.